The number of hydrogen-bond donors (Lipinski definition) is 1. The molecule has 1 N–H and O–H groups in total. The van der Waals surface area contributed by atoms with Crippen molar-refractivity contribution >= 4 is 33.3 Å². The maximum atomic E-state index is 12.3. The summed E-state index contributed by atoms with van der Waals surface area (Å²) in [5.74, 6) is -0.139. The Hall–Kier alpha value is -2.01. The van der Waals surface area contributed by atoms with Gasteiger partial charge in [-0.25, -0.2) is 0 Å². The molecule has 0 unspecified atom stereocenters. The van der Waals surface area contributed by atoms with Crippen molar-refractivity contribution in [3.8, 4) is 0 Å². The molecule has 2 heterocycles. The average Bonchev–Trinajstić information content (AvgIpc) is 2.76. The van der Waals surface area contributed by atoms with E-state index < -0.39 is 0 Å². The monoisotopic (exact) mass is 316 g/mol. The lowest BCUT2D eigenvalue weighted by Gasteiger charge is -2.04. The van der Waals surface area contributed by atoms with Crippen LogP contribution in [-0.2, 0) is 11.2 Å². The van der Waals surface area contributed by atoms with Gasteiger partial charge in [0.2, 0.25) is 5.91 Å². The Morgan fingerprint density at radius 3 is 2.84 bits per heavy atom. The lowest BCUT2D eigenvalue weighted by Crippen LogP contribution is -2.03. The lowest BCUT2D eigenvalue weighted by atomic mass is 10.0. The van der Waals surface area contributed by atoms with Gasteiger partial charge < -0.3 is 5.32 Å². The second-order valence-corrected chi connectivity index (χ2v) is 5.23. The number of halogens is 1. The Morgan fingerprint density at radius 2 is 2.05 bits per heavy atom. The number of carbonyl (C=O) groups is 2. The first kappa shape index (κ1) is 12.0. The Labute approximate surface area is 118 Å². The van der Waals surface area contributed by atoms with Gasteiger partial charge in [-0.2, -0.15) is 0 Å². The molecule has 1 aliphatic rings. The second-order valence-electron chi connectivity index (χ2n) is 4.32. The topological polar surface area (TPSA) is 59.1 Å². The minimum Gasteiger partial charge on any atom is -0.326 e. The van der Waals surface area contributed by atoms with E-state index in [1.807, 2.05) is 0 Å². The summed E-state index contributed by atoms with van der Waals surface area (Å²) in [5, 5.41) is 2.74. The van der Waals surface area contributed by atoms with Crippen LogP contribution in [0, 0.1) is 0 Å². The molecule has 0 fully saturated rings. The molecule has 0 spiro atoms. The smallest absolute Gasteiger partial charge is 0.228 e. The molecule has 4 nitrogen and oxygen atoms in total. The van der Waals surface area contributed by atoms with Gasteiger partial charge in [0.25, 0.3) is 0 Å². The molecule has 1 aromatic heterocycles. The summed E-state index contributed by atoms with van der Waals surface area (Å²) < 4.78 is 0.761. The van der Waals surface area contributed by atoms with Crippen LogP contribution in [0.25, 0.3) is 0 Å². The van der Waals surface area contributed by atoms with Gasteiger partial charge in [-0.3, -0.25) is 14.6 Å². The van der Waals surface area contributed by atoms with Gasteiger partial charge in [-0.05, 0) is 45.8 Å². The van der Waals surface area contributed by atoms with Gasteiger partial charge in [-0.15, -0.1) is 0 Å². The summed E-state index contributed by atoms with van der Waals surface area (Å²) in [7, 11) is 0. The van der Waals surface area contributed by atoms with Crippen LogP contribution in [0.3, 0.4) is 0 Å². The molecular formula is C14H9BrN2O2. The molecule has 0 atom stereocenters. The second kappa shape index (κ2) is 4.59. The van der Waals surface area contributed by atoms with Crippen molar-refractivity contribution in [2.24, 2.45) is 0 Å². The Morgan fingerprint density at radius 1 is 1.21 bits per heavy atom. The third-order valence-corrected chi connectivity index (χ3v) is 3.39. The number of pyridine rings is 1. The van der Waals surface area contributed by atoms with Crippen LogP contribution in [0.15, 0.2) is 41.1 Å². The van der Waals surface area contributed by atoms with Crippen molar-refractivity contribution in [1.29, 1.82) is 0 Å². The van der Waals surface area contributed by atoms with Crippen molar-refractivity contribution in [1.82, 2.24) is 4.98 Å². The molecule has 94 valence electrons. The molecule has 5 heteroatoms. The van der Waals surface area contributed by atoms with Crippen LogP contribution >= 0.6 is 15.9 Å². The number of benzene rings is 1. The SMILES string of the molecule is O=C1Cc2cc(C(=O)c3cncc(Br)c3)ccc2N1. The van der Waals surface area contributed by atoms with E-state index in [0.717, 1.165) is 15.7 Å². The van der Waals surface area contributed by atoms with Crippen molar-refractivity contribution in [3.63, 3.8) is 0 Å². The average molecular weight is 317 g/mol. The summed E-state index contributed by atoms with van der Waals surface area (Å²) >= 11 is 3.29. The number of carbonyl (C=O) groups excluding carboxylic acids is 2. The maximum Gasteiger partial charge on any atom is 0.228 e. The summed E-state index contributed by atoms with van der Waals surface area (Å²) in [4.78, 5) is 27.6. The van der Waals surface area contributed by atoms with E-state index in [9.17, 15) is 9.59 Å². The third kappa shape index (κ3) is 2.29. The van der Waals surface area contributed by atoms with E-state index in [1.54, 1.807) is 30.5 Å². The lowest BCUT2D eigenvalue weighted by molar-refractivity contribution is -0.115. The van der Waals surface area contributed by atoms with Crippen LogP contribution in [0.2, 0.25) is 0 Å². The number of anilines is 1. The first-order chi connectivity index (χ1) is 9.13. The summed E-state index contributed by atoms with van der Waals surface area (Å²) in [5.41, 5.74) is 2.73. The number of rotatable bonds is 2. The molecule has 0 saturated heterocycles. The fourth-order valence-electron chi connectivity index (χ4n) is 2.07. The number of ketones is 1. The predicted molar refractivity (Wildman–Crippen MR) is 74.1 cm³/mol. The van der Waals surface area contributed by atoms with Crippen molar-refractivity contribution in [3.05, 3.63) is 57.8 Å². The normalized spacial score (nSPS) is 13.0. The van der Waals surface area contributed by atoms with Gasteiger partial charge >= 0.3 is 0 Å². The van der Waals surface area contributed by atoms with E-state index >= 15 is 0 Å². The maximum absolute atomic E-state index is 12.3. The highest BCUT2D eigenvalue weighted by atomic mass is 79.9. The third-order valence-electron chi connectivity index (χ3n) is 2.96. The molecule has 0 aliphatic carbocycles. The predicted octanol–water partition coefficient (Wildman–Crippen LogP) is 2.57. The fourth-order valence-corrected chi connectivity index (χ4v) is 2.44. The number of aromatic nitrogens is 1. The zero-order valence-corrected chi connectivity index (χ0v) is 11.4. The summed E-state index contributed by atoms with van der Waals surface area (Å²) in [6.45, 7) is 0. The van der Waals surface area contributed by atoms with E-state index in [1.165, 1.54) is 6.20 Å². The van der Waals surface area contributed by atoms with Crippen molar-refractivity contribution in [2.75, 3.05) is 5.32 Å². The molecular weight excluding hydrogens is 308 g/mol. The molecule has 19 heavy (non-hydrogen) atoms. The first-order valence-electron chi connectivity index (χ1n) is 5.71. The highest BCUT2D eigenvalue weighted by molar-refractivity contribution is 9.10. The number of fused-ring (bicyclic) bond motifs is 1. The van der Waals surface area contributed by atoms with Crippen molar-refractivity contribution in [2.45, 2.75) is 6.42 Å². The standard InChI is InChI=1S/C14H9BrN2O2/c15-11-4-10(6-16-7-11)14(19)8-1-2-12-9(3-8)5-13(18)17-12/h1-4,6-7H,5H2,(H,17,18). The number of hydrogen-bond acceptors (Lipinski definition) is 3. The van der Waals surface area contributed by atoms with Crippen molar-refractivity contribution < 1.29 is 9.59 Å². The molecule has 0 bridgehead atoms. The molecule has 2 aromatic rings. The van der Waals surface area contributed by atoms with Gasteiger partial charge in [0.05, 0.1) is 6.42 Å². The Kier molecular flexibility index (Phi) is 2.91. The number of nitrogens with one attached hydrogen (secondary N) is 1. The van der Waals surface area contributed by atoms with Crippen LogP contribution in [-0.4, -0.2) is 16.7 Å². The van der Waals surface area contributed by atoms with E-state index in [2.05, 4.69) is 26.2 Å². The minimum absolute atomic E-state index is 0.0382. The van der Waals surface area contributed by atoms with E-state index in [-0.39, 0.29) is 11.7 Å². The molecule has 1 aromatic carbocycles. The van der Waals surface area contributed by atoms with Crippen LogP contribution in [0.1, 0.15) is 21.5 Å². The zero-order chi connectivity index (χ0) is 13.4. The Bertz CT molecular complexity index is 698. The van der Waals surface area contributed by atoms with E-state index in [4.69, 9.17) is 0 Å². The highest BCUT2D eigenvalue weighted by Crippen LogP contribution is 2.25. The summed E-state index contributed by atoms with van der Waals surface area (Å²) in [6.07, 6.45) is 3.49. The molecule has 0 radical (unpaired) electrons. The van der Waals surface area contributed by atoms with Gasteiger partial charge in [-0.1, -0.05) is 0 Å². The van der Waals surface area contributed by atoms with E-state index in [0.29, 0.717) is 17.5 Å². The number of nitrogens with zero attached hydrogens (tertiary/aromatic N) is 1. The van der Waals surface area contributed by atoms with Crippen LogP contribution in [0.4, 0.5) is 5.69 Å². The van der Waals surface area contributed by atoms with Gasteiger partial charge in [0, 0.05) is 33.7 Å². The van der Waals surface area contributed by atoms with Crippen LogP contribution < -0.4 is 5.32 Å². The first-order valence-corrected chi connectivity index (χ1v) is 6.51. The van der Waals surface area contributed by atoms with Gasteiger partial charge in [0.15, 0.2) is 5.78 Å². The minimum atomic E-state index is -0.101. The van der Waals surface area contributed by atoms with Gasteiger partial charge in [0.1, 0.15) is 0 Å². The summed E-state index contributed by atoms with van der Waals surface area (Å²) in [6, 6.07) is 6.97. The quantitative estimate of drug-likeness (QED) is 0.866. The zero-order valence-electron chi connectivity index (χ0n) is 9.81. The highest BCUT2D eigenvalue weighted by Gasteiger charge is 2.19. The van der Waals surface area contributed by atoms with Crippen LogP contribution in [0.5, 0.6) is 0 Å². The number of amides is 1. The molecule has 0 saturated carbocycles. The molecule has 1 amide bonds. The fraction of sp³-hybridized carbons (Fsp3) is 0.0714. The molecule has 3 rings (SSSR count). The largest absolute Gasteiger partial charge is 0.326 e. The molecule has 1 aliphatic heterocycles. The Balaban J connectivity index is 1.97.